The molecule has 134 valence electrons. The van der Waals surface area contributed by atoms with Crippen LogP contribution in [0.2, 0.25) is 0 Å². The first kappa shape index (κ1) is 16.9. The van der Waals surface area contributed by atoms with Crippen LogP contribution >= 0.6 is 0 Å². The Bertz CT molecular complexity index is 430. The van der Waals surface area contributed by atoms with Crippen LogP contribution in [0.4, 0.5) is 0 Å². The zero-order valence-electron chi connectivity index (χ0n) is 15.8. The van der Waals surface area contributed by atoms with Crippen molar-refractivity contribution in [3.05, 3.63) is 23.8 Å². The highest BCUT2D eigenvalue weighted by Crippen LogP contribution is 2.62. The molecule has 0 aliphatic heterocycles. The molecule has 0 saturated heterocycles. The van der Waals surface area contributed by atoms with Gasteiger partial charge in [0.25, 0.3) is 0 Å². The van der Waals surface area contributed by atoms with E-state index in [1.807, 2.05) is 5.57 Å². The molecule has 4 aliphatic carbocycles. The lowest BCUT2D eigenvalue weighted by Gasteiger charge is -2.47. The predicted octanol–water partition coefficient (Wildman–Crippen LogP) is 7.60. The van der Waals surface area contributed by atoms with Gasteiger partial charge in [-0.05, 0) is 61.7 Å². The van der Waals surface area contributed by atoms with Crippen LogP contribution in [0.25, 0.3) is 0 Å². The van der Waals surface area contributed by atoms with E-state index < -0.39 is 0 Å². The third-order valence-electron chi connectivity index (χ3n) is 8.09. The molecule has 1 atom stereocenters. The molecular weight excluding hydrogens is 288 g/mol. The van der Waals surface area contributed by atoms with Gasteiger partial charge in [0.15, 0.2) is 0 Å². The summed E-state index contributed by atoms with van der Waals surface area (Å²) in [6.07, 6.45) is 31.6. The quantitative estimate of drug-likeness (QED) is 0.490. The number of allylic oxidation sites excluding steroid dienone is 4. The van der Waals surface area contributed by atoms with Crippen LogP contribution in [0.3, 0.4) is 0 Å². The average Bonchev–Trinajstić information content (AvgIpc) is 3.10. The lowest BCUT2D eigenvalue weighted by Crippen LogP contribution is -2.38. The Morgan fingerprint density at radius 1 is 0.625 bits per heavy atom. The van der Waals surface area contributed by atoms with Crippen LogP contribution in [0.15, 0.2) is 23.8 Å². The fourth-order valence-electron chi connectivity index (χ4n) is 6.97. The SMILES string of the molecule is C1=CC2CCC(C3CCCCCCC3)(C3CCCCCCC3)C2=C1. The highest BCUT2D eigenvalue weighted by atomic mass is 14.6. The minimum absolute atomic E-state index is 0.600. The molecule has 0 heterocycles. The first-order valence-electron chi connectivity index (χ1n) is 11.3. The summed E-state index contributed by atoms with van der Waals surface area (Å²) in [4.78, 5) is 0. The molecule has 24 heavy (non-hydrogen) atoms. The van der Waals surface area contributed by atoms with Crippen molar-refractivity contribution in [2.24, 2.45) is 23.2 Å². The minimum atomic E-state index is 0.600. The summed E-state index contributed by atoms with van der Waals surface area (Å²) in [5.41, 5.74) is 2.50. The standard InChI is InChI=1S/C24H38/c1-3-7-13-21(14-8-4-1)24(19-18-20-12-11-17-23(20)24)22-15-9-5-2-6-10-16-22/h11-12,17,20-22H,1-10,13-16,18-19H2. The lowest BCUT2D eigenvalue weighted by molar-refractivity contribution is 0.0764. The molecule has 0 spiro atoms. The molecule has 0 aromatic rings. The molecule has 0 amide bonds. The normalized spacial score (nSPS) is 32.5. The second-order valence-corrected chi connectivity index (χ2v) is 9.28. The summed E-state index contributed by atoms with van der Waals surface area (Å²) in [5.74, 6) is 2.82. The molecule has 4 rings (SSSR count). The van der Waals surface area contributed by atoms with Crippen LogP contribution in [0.1, 0.15) is 103 Å². The molecule has 0 N–H and O–H groups in total. The molecule has 0 aromatic heterocycles. The van der Waals surface area contributed by atoms with Crippen molar-refractivity contribution < 1.29 is 0 Å². The van der Waals surface area contributed by atoms with Crippen LogP contribution in [0.5, 0.6) is 0 Å². The molecule has 3 fully saturated rings. The van der Waals surface area contributed by atoms with Gasteiger partial charge in [-0.2, -0.15) is 0 Å². The molecular formula is C24H38. The Morgan fingerprint density at radius 3 is 1.67 bits per heavy atom. The summed E-state index contributed by atoms with van der Waals surface area (Å²) in [7, 11) is 0. The summed E-state index contributed by atoms with van der Waals surface area (Å²) in [6.45, 7) is 0. The van der Waals surface area contributed by atoms with Crippen molar-refractivity contribution in [3.63, 3.8) is 0 Å². The summed E-state index contributed by atoms with van der Waals surface area (Å²) in [6, 6.07) is 0. The Morgan fingerprint density at radius 2 is 1.12 bits per heavy atom. The topological polar surface area (TPSA) is 0 Å². The van der Waals surface area contributed by atoms with Crippen molar-refractivity contribution in [3.8, 4) is 0 Å². The van der Waals surface area contributed by atoms with Crippen LogP contribution in [-0.4, -0.2) is 0 Å². The first-order chi connectivity index (χ1) is 11.9. The monoisotopic (exact) mass is 326 g/mol. The van der Waals surface area contributed by atoms with Gasteiger partial charge in [-0.3, -0.25) is 0 Å². The van der Waals surface area contributed by atoms with Gasteiger partial charge in [-0.25, -0.2) is 0 Å². The maximum Gasteiger partial charge on any atom is -0.00109 e. The molecule has 3 saturated carbocycles. The zero-order chi connectivity index (χ0) is 16.2. The van der Waals surface area contributed by atoms with E-state index >= 15 is 0 Å². The van der Waals surface area contributed by atoms with Gasteiger partial charge in [0.1, 0.15) is 0 Å². The predicted molar refractivity (Wildman–Crippen MR) is 104 cm³/mol. The Labute approximate surface area is 150 Å². The smallest absolute Gasteiger partial charge is 0.00109 e. The van der Waals surface area contributed by atoms with E-state index in [2.05, 4.69) is 18.2 Å². The zero-order valence-corrected chi connectivity index (χ0v) is 15.8. The number of rotatable bonds is 2. The van der Waals surface area contributed by atoms with E-state index in [-0.39, 0.29) is 0 Å². The Kier molecular flexibility index (Phi) is 5.50. The van der Waals surface area contributed by atoms with Gasteiger partial charge in [0.05, 0.1) is 0 Å². The fraction of sp³-hybridized carbons (Fsp3) is 0.833. The second kappa shape index (κ2) is 7.79. The molecule has 0 heteroatoms. The molecule has 4 aliphatic rings. The summed E-state index contributed by atoms with van der Waals surface area (Å²) in [5, 5.41) is 0. The largest absolute Gasteiger partial charge is 0.0773 e. The maximum absolute atomic E-state index is 2.58. The van der Waals surface area contributed by atoms with Gasteiger partial charge in [-0.1, -0.05) is 88.0 Å². The highest BCUT2D eigenvalue weighted by Gasteiger charge is 2.52. The van der Waals surface area contributed by atoms with Crippen molar-refractivity contribution in [1.82, 2.24) is 0 Å². The molecule has 1 unspecified atom stereocenters. The molecule has 0 radical (unpaired) electrons. The number of fused-ring (bicyclic) bond motifs is 1. The average molecular weight is 327 g/mol. The van der Waals surface area contributed by atoms with Crippen LogP contribution < -0.4 is 0 Å². The first-order valence-corrected chi connectivity index (χ1v) is 11.3. The van der Waals surface area contributed by atoms with E-state index in [0.29, 0.717) is 5.41 Å². The molecule has 0 bridgehead atoms. The third-order valence-corrected chi connectivity index (χ3v) is 8.09. The Balaban J connectivity index is 1.63. The minimum Gasteiger partial charge on any atom is -0.0773 e. The van der Waals surface area contributed by atoms with Gasteiger partial charge in [0.2, 0.25) is 0 Å². The van der Waals surface area contributed by atoms with E-state index in [1.165, 1.54) is 103 Å². The van der Waals surface area contributed by atoms with Crippen LogP contribution in [0, 0.1) is 23.2 Å². The maximum atomic E-state index is 2.58. The summed E-state index contributed by atoms with van der Waals surface area (Å²) >= 11 is 0. The molecule has 0 nitrogen and oxygen atoms in total. The van der Waals surface area contributed by atoms with Crippen molar-refractivity contribution in [2.75, 3.05) is 0 Å². The third kappa shape index (κ3) is 3.15. The summed E-state index contributed by atoms with van der Waals surface area (Å²) < 4.78 is 0. The lowest BCUT2D eigenvalue weighted by atomic mass is 9.57. The van der Waals surface area contributed by atoms with E-state index in [1.54, 1.807) is 0 Å². The van der Waals surface area contributed by atoms with E-state index in [0.717, 1.165) is 17.8 Å². The number of hydrogen-bond donors (Lipinski definition) is 0. The molecule has 0 aromatic carbocycles. The van der Waals surface area contributed by atoms with Crippen molar-refractivity contribution in [2.45, 2.75) is 103 Å². The van der Waals surface area contributed by atoms with Gasteiger partial charge in [-0.15, -0.1) is 0 Å². The van der Waals surface area contributed by atoms with Crippen molar-refractivity contribution >= 4 is 0 Å². The van der Waals surface area contributed by atoms with E-state index in [4.69, 9.17) is 0 Å². The van der Waals surface area contributed by atoms with Crippen molar-refractivity contribution in [1.29, 1.82) is 0 Å². The van der Waals surface area contributed by atoms with Crippen LogP contribution in [-0.2, 0) is 0 Å². The van der Waals surface area contributed by atoms with Gasteiger partial charge >= 0.3 is 0 Å². The van der Waals surface area contributed by atoms with Gasteiger partial charge < -0.3 is 0 Å². The Hall–Kier alpha value is -0.520. The highest BCUT2D eigenvalue weighted by molar-refractivity contribution is 5.37. The number of hydrogen-bond acceptors (Lipinski definition) is 0. The van der Waals surface area contributed by atoms with E-state index in [9.17, 15) is 0 Å². The fourth-order valence-corrected chi connectivity index (χ4v) is 6.97. The van der Waals surface area contributed by atoms with Gasteiger partial charge in [0, 0.05) is 0 Å². The second-order valence-electron chi connectivity index (χ2n) is 9.28.